The number of rotatable bonds is 8. The molecule has 12 heteroatoms. The van der Waals surface area contributed by atoms with E-state index in [1.807, 2.05) is 18.7 Å². The minimum atomic E-state index is -4.63. The van der Waals surface area contributed by atoms with Gasteiger partial charge in [0.15, 0.2) is 5.82 Å². The van der Waals surface area contributed by atoms with Crippen LogP contribution in [0.2, 0.25) is 0 Å². The molecule has 0 atom stereocenters. The third-order valence-corrected chi connectivity index (χ3v) is 5.75. The van der Waals surface area contributed by atoms with Crippen LogP contribution < -0.4 is 5.32 Å². The second-order valence-electron chi connectivity index (χ2n) is 8.94. The predicted molar refractivity (Wildman–Crippen MR) is 136 cm³/mol. The summed E-state index contributed by atoms with van der Waals surface area (Å²) in [4.78, 5) is 19.4. The molecule has 0 saturated heterocycles. The van der Waals surface area contributed by atoms with Crippen LogP contribution in [0.3, 0.4) is 0 Å². The topological polar surface area (TPSA) is 66.8 Å². The van der Waals surface area contributed by atoms with Crippen LogP contribution in [0.4, 0.5) is 37.8 Å². The minimum absolute atomic E-state index is 0.106. The molecular weight excluding hydrogens is 522 g/mol. The summed E-state index contributed by atoms with van der Waals surface area (Å²) in [5.41, 5.74) is -0.200. The molecule has 4 rings (SSSR count). The lowest BCUT2D eigenvalue weighted by Gasteiger charge is -2.20. The van der Waals surface area contributed by atoms with Crippen LogP contribution in [0.25, 0.3) is 22.3 Å². The fourth-order valence-corrected chi connectivity index (χ4v) is 3.96. The van der Waals surface area contributed by atoms with Crippen molar-refractivity contribution in [3.63, 3.8) is 0 Å². The molecule has 0 aliphatic rings. The highest BCUT2D eigenvalue weighted by Gasteiger charge is 2.34. The first kappa shape index (κ1) is 28.0. The normalized spacial score (nSPS) is 12.2. The molecule has 0 amide bonds. The van der Waals surface area contributed by atoms with Crippen molar-refractivity contribution in [3.05, 3.63) is 84.0 Å². The Morgan fingerprint density at radius 3 is 2.31 bits per heavy atom. The number of nitrogens with one attached hydrogen (secondary N) is 1. The van der Waals surface area contributed by atoms with Gasteiger partial charge >= 0.3 is 12.4 Å². The van der Waals surface area contributed by atoms with E-state index in [4.69, 9.17) is 0 Å². The number of hydrogen-bond donors (Lipinski definition) is 1. The number of nitrogens with zero attached hydrogens (tertiary/aromatic N) is 5. The van der Waals surface area contributed by atoms with Crippen molar-refractivity contribution in [1.29, 1.82) is 0 Å². The Hall–Kier alpha value is -4.06. The van der Waals surface area contributed by atoms with Crippen LogP contribution in [0.1, 0.15) is 30.8 Å². The Kier molecular flexibility index (Phi) is 7.86. The highest BCUT2D eigenvalue weighted by Crippen LogP contribution is 2.36. The fourth-order valence-electron chi connectivity index (χ4n) is 3.96. The van der Waals surface area contributed by atoms with Crippen molar-refractivity contribution >= 4 is 22.5 Å². The SMILES string of the molecule is C=C(C)CN(CC)Cc1nc(Nc2ccc(C(F)(F)F)cc2)c2ncc(-c3ncccc3C(F)(F)F)cc2n1. The molecule has 0 spiro atoms. The molecule has 1 N–H and O–H groups in total. The summed E-state index contributed by atoms with van der Waals surface area (Å²) >= 11 is 0. The summed E-state index contributed by atoms with van der Waals surface area (Å²) in [6.07, 6.45) is -6.62. The lowest BCUT2D eigenvalue weighted by molar-refractivity contribution is -0.138. The summed E-state index contributed by atoms with van der Waals surface area (Å²) in [7, 11) is 0. The van der Waals surface area contributed by atoms with Gasteiger partial charge in [0.1, 0.15) is 11.3 Å². The monoisotopic (exact) mass is 546 g/mol. The molecule has 0 unspecified atom stereocenters. The maximum atomic E-state index is 13.6. The Bertz CT molecular complexity index is 1480. The number of anilines is 2. The molecule has 4 aromatic rings. The van der Waals surface area contributed by atoms with E-state index >= 15 is 0 Å². The highest BCUT2D eigenvalue weighted by molar-refractivity contribution is 5.89. The van der Waals surface area contributed by atoms with Gasteiger partial charge in [-0.15, -0.1) is 0 Å². The zero-order valence-corrected chi connectivity index (χ0v) is 21.0. The van der Waals surface area contributed by atoms with Gasteiger partial charge in [0.05, 0.1) is 28.9 Å². The third-order valence-electron chi connectivity index (χ3n) is 5.75. The zero-order chi connectivity index (χ0) is 28.4. The fraction of sp³-hybridized carbons (Fsp3) is 0.259. The second-order valence-corrected chi connectivity index (χ2v) is 8.94. The predicted octanol–water partition coefficient (Wildman–Crippen LogP) is 7.27. The van der Waals surface area contributed by atoms with Crippen LogP contribution in [-0.4, -0.2) is 37.9 Å². The second kappa shape index (κ2) is 11.0. The van der Waals surface area contributed by atoms with E-state index in [2.05, 4.69) is 31.8 Å². The van der Waals surface area contributed by atoms with E-state index in [1.165, 1.54) is 36.7 Å². The van der Waals surface area contributed by atoms with Crippen LogP contribution in [0.5, 0.6) is 0 Å². The van der Waals surface area contributed by atoms with Crippen molar-refractivity contribution in [1.82, 2.24) is 24.8 Å². The number of benzene rings is 1. The number of pyridine rings is 2. The van der Waals surface area contributed by atoms with Crippen molar-refractivity contribution < 1.29 is 26.3 Å². The molecule has 0 bridgehead atoms. The smallest absolute Gasteiger partial charge is 0.338 e. The highest BCUT2D eigenvalue weighted by atomic mass is 19.4. The lowest BCUT2D eigenvalue weighted by atomic mass is 10.1. The molecule has 204 valence electrons. The van der Waals surface area contributed by atoms with E-state index in [0.29, 0.717) is 31.1 Å². The van der Waals surface area contributed by atoms with E-state index in [-0.39, 0.29) is 28.1 Å². The maximum Gasteiger partial charge on any atom is 0.418 e. The van der Waals surface area contributed by atoms with Crippen LogP contribution in [-0.2, 0) is 18.9 Å². The van der Waals surface area contributed by atoms with Gasteiger partial charge in [-0.05, 0) is 55.9 Å². The summed E-state index contributed by atoms with van der Waals surface area (Å²) in [6, 6.07) is 7.97. The standard InChI is InChI=1S/C27H24F6N6/c1-4-39(14-16(2)3)15-22-37-21-12-17(23-20(27(31,32)33)6-5-11-34-23)13-35-24(21)25(38-22)36-19-9-7-18(8-10-19)26(28,29)30/h5-13H,2,4,14-15H2,1,3H3,(H,36,37,38). The Balaban J connectivity index is 1.81. The van der Waals surface area contributed by atoms with E-state index in [0.717, 1.165) is 23.8 Å². The number of halogens is 6. The Labute approximate surface area is 220 Å². The molecule has 0 fully saturated rings. The first-order chi connectivity index (χ1) is 18.3. The zero-order valence-electron chi connectivity index (χ0n) is 21.0. The quantitative estimate of drug-likeness (QED) is 0.185. The lowest BCUT2D eigenvalue weighted by Crippen LogP contribution is -2.25. The van der Waals surface area contributed by atoms with Crippen LogP contribution in [0.15, 0.2) is 67.0 Å². The molecule has 0 radical (unpaired) electrons. The number of likely N-dealkylation sites (N-methyl/N-ethyl adjacent to an activating group) is 1. The Morgan fingerprint density at radius 2 is 1.69 bits per heavy atom. The van der Waals surface area contributed by atoms with Crippen LogP contribution >= 0.6 is 0 Å². The number of alkyl halides is 6. The molecule has 0 aliphatic carbocycles. The summed E-state index contributed by atoms with van der Waals surface area (Å²) in [6.45, 7) is 9.26. The molecular formula is C27H24F6N6. The van der Waals surface area contributed by atoms with Crippen molar-refractivity contribution in [2.24, 2.45) is 0 Å². The third kappa shape index (κ3) is 6.69. The van der Waals surface area contributed by atoms with Gasteiger partial charge in [0.2, 0.25) is 0 Å². The first-order valence-corrected chi connectivity index (χ1v) is 11.9. The van der Waals surface area contributed by atoms with Gasteiger partial charge in [0, 0.05) is 30.2 Å². The van der Waals surface area contributed by atoms with Gasteiger partial charge in [-0.3, -0.25) is 9.88 Å². The summed E-state index contributed by atoms with van der Waals surface area (Å²) in [5, 5.41) is 2.98. The summed E-state index contributed by atoms with van der Waals surface area (Å²) in [5.74, 6) is 0.542. The number of hydrogen-bond acceptors (Lipinski definition) is 6. The van der Waals surface area contributed by atoms with Gasteiger partial charge in [0.25, 0.3) is 0 Å². The van der Waals surface area contributed by atoms with E-state index in [1.54, 1.807) is 0 Å². The molecule has 0 saturated carbocycles. The minimum Gasteiger partial charge on any atom is -0.338 e. The molecule has 3 heterocycles. The maximum absolute atomic E-state index is 13.6. The van der Waals surface area contributed by atoms with Crippen molar-refractivity contribution in [2.75, 3.05) is 18.4 Å². The van der Waals surface area contributed by atoms with Gasteiger partial charge in [-0.1, -0.05) is 19.1 Å². The van der Waals surface area contributed by atoms with Gasteiger partial charge < -0.3 is 5.32 Å². The summed E-state index contributed by atoms with van der Waals surface area (Å²) < 4.78 is 79.9. The first-order valence-electron chi connectivity index (χ1n) is 11.9. The van der Waals surface area contributed by atoms with Crippen molar-refractivity contribution in [3.8, 4) is 11.3 Å². The Morgan fingerprint density at radius 1 is 0.974 bits per heavy atom. The number of aromatic nitrogens is 4. The molecule has 6 nitrogen and oxygen atoms in total. The average Bonchev–Trinajstić information content (AvgIpc) is 2.87. The molecule has 3 aromatic heterocycles. The molecule has 0 aliphatic heterocycles. The molecule has 1 aromatic carbocycles. The van der Waals surface area contributed by atoms with Crippen molar-refractivity contribution in [2.45, 2.75) is 32.7 Å². The van der Waals surface area contributed by atoms with Gasteiger partial charge in [-0.25, -0.2) is 15.0 Å². The van der Waals surface area contributed by atoms with Gasteiger partial charge in [-0.2, -0.15) is 26.3 Å². The van der Waals surface area contributed by atoms with E-state index < -0.39 is 23.5 Å². The average molecular weight is 547 g/mol. The van der Waals surface area contributed by atoms with E-state index in [9.17, 15) is 26.3 Å². The molecule has 39 heavy (non-hydrogen) atoms. The van der Waals surface area contributed by atoms with Crippen LogP contribution in [0, 0.1) is 0 Å². The number of fused-ring (bicyclic) bond motifs is 1. The largest absolute Gasteiger partial charge is 0.418 e.